The zero-order chi connectivity index (χ0) is 21.3. The molecule has 30 heavy (non-hydrogen) atoms. The number of aromatic nitrogens is 3. The van der Waals surface area contributed by atoms with Crippen LogP contribution in [0.15, 0.2) is 47.3 Å². The molecule has 1 aliphatic carbocycles. The van der Waals surface area contributed by atoms with Crippen LogP contribution in [0.5, 0.6) is 0 Å². The van der Waals surface area contributed by atoms with Gasteiger partial charge in [0.1, 0.15) is 6.54 Å². The van der Waals surface area contributed by atoms with E-state index in [0.717, 1.165) is 31.2 Å². The van der Waals surface area contributed by atoms with E-state index in [0.29, 0.717) is 17.3 Å². The molecule has 156 valence electrons. The molecule has 0 atom stereocenters. The van der Waals surface area contributed by atoms with Gasteiger partial charge in [-0.05, 0) is 80.5 Å². The third-order valence-corrected chi connectivity index (χ3v) is 5.96. The number of hydrogen-bond donors (Lipinski definition) is 0. The fraction of sp³-hybridized carbons (Fsp3) is 0.375. The predicted octanol–water partition coefficient (Wildman–Crippen LogP) is 4.91. The van der Waals surface area contributed by atoms with Crippen LogP contribution in [0.25, 0.3) is 11.4 Å². The van der Waals surface area contributed by atoms with E-state index < -0.39 is 0 Å². The Kier molecular flexibility index (Phi) is 5.91. The molecule has 6 heteroatoms. The maximum Gasteiger partial charge on any atom is 0.346 e. The number of ketones is 1. The van der Waals surface area contributed by atoms with Crippen LogP contribution >= 0.6 is 11.6 Å². The summed E-state index contributed by atoms with van der Waals surface area (Å²) in [5, 5.41) is 5.14. The highest BCUT2D eigenvalue weighted by Crippen LogP contribution is 2.36. The van der Waals surface area contributed by atoms with Crippen LogP contribution in [-0.4, -0.2) is 20.1 Å². The third-order valence-electron chi connectivity index (χ3n) is 5.70. The Morgan fingerprint density at radius 1 is 1.10 bits per heavy atom. The highest BCUT2D eigenvalue weighted by Gasteiger charge is 2.30. The van der Waals surface area contributed by atoms with Crippen LogP contribution in [0.1, 0.15) is 48.4 Å². The van der Waals surface area contributed by atoms with Crippen molar-refractivity contribution in [3.8, 4) is 11.4 Å². The lowest BCUT2D eigenvalue weighted by atomic mass is 10.0. The molecule has 3 aromatic rings. The minimum atomic E-state index is -0.204. The maximum absolute atomic E-state index is 12.9. The predicted molar refractivity (Wildman–Crippen MR) is 119 cm³/mol. The monoisotopic (exact) mass is 423 g/mol. The minimum absolute atomic E-state index is 0.0199. The van der Waals surface area contributed by atoms with Gasteiger partial charge in [0.25, 0.3) is 0 Å². The molecule has 1 saturated carbocycles. The number of benzene rings is 2. The first kappa shape index (κ1) is 20.6. The zero-order valence-electron chi connectivity index (χ0n) is 17.4. The van der Waals surface area contributed by atoms with Gasteiger partial charge in [0.2, 0.25) is 0 Å². The Bertz CT molecular complexity index is 1120. The summed E-state index contributed by atoms with van der Waals surface area (Å²) >= 11 is 5.99. The normalized spacial score (nSPS) is 13.6. The molecule has 1 heterocycles. The van der Waals surface area contributed by atoms with Gasteiger partial charge < -0.3 is 0 Å². The van der Waals surface area contributed by atoms with Crippen LogP contribution in [0, 0.1) is 13.8 Å². The maximum atomic E-state index is 12.9. The summed E-state index contributed by atoms with van der Waals surface area (Å²) in [6.45, 7) is 4.22. The molecule has 0 bridgehead atoms. The Labute approximate surface area is 181 Å². The second kappa shape index (κ2) is 8.60. The highest BCUT2D eigenvalue weighted by molar-refractivity contribution is 6.30. The lowest BCUT2D eigenvalue weighted by Gasteiger charge is -2.05. The van der Waals surface area contributed by atoms with Crippen LogP contribution in [-0.2, 0) is 17.8 Å². The van der Waals surface area contributed by atoms with Gasteiger partial charge in [0.15, 0.2) is 11.6 Å². The average Bonchev–Trinajstić information content (AvgIpc) is 3.50. The molecule has 4 rings (SSSR count). The largest absolute Gasteiger partial charge is 0.346 e. The van der Waals surface area contributed by atoms with Gasteiger partial charge in [-0.2, -0.15) is 0 Å². The standard InChI is InChI=1S/C24H26ClN3O2/c1-16-6-7-18(14-17(16)2)4-3-5-22(29)15-27-24(30)28(21-12-13-21)23(26-27)19-8-10-20(25)11-9-19/h6-11,14,21H,3-5,12-13,15H2,1-2H3. The number of hydrogen-bond acceptors (Lipinski definition) is 3. The van der Waals surface area contributed by atoms with E-state index in [1.807, 2.05) is 12.1 Å². The first-order chi connectivity index (χ1) is 14.4. The van der Waals surface area contributed by atoms with Gasteiger partial charge >= 0.3 is 5.69 Å². The number of halogens is 1. The molecule has 5 nitrogen and oxygen atoms in total. The first-order valence-electron chi connectivity index (χ1n) is 10.5. The van der Waals surface area contributed by atoms with Gasteiger partial charge in [-0.25, -0.2) is 9.48 Å². The highest BCUT2D eigenvalue weighted by atomic mass is 35.5. The van der Waals surface area contributed by atoms with Gasteiger partial charge in [0, 0.05) is 23.0 Å². The molecule has 0 radical (unpaired) electrons. The Hall–Kier alpha value is -2.66. The fourth-order valence-corrected chi connectivity index (χ4v) is 3.80. The molecular weight excluding hydrogens is 398 g/mol. The molecule has 1 aliphatic rings. The number of carbonyl (C=O) groups is 1. The number of Topliss-reactive ketones (excluding diaryl/α,β-unsaturated/α-hetero) is 1. The Balaban J connectivity index is 1.44. The molecule has 2 aromatic carbocycles. The summed E-state index contributed by atoms with van der Waals surface area (Å²) in [6.07, 6.45) is 4.00. The lowest BCUT2D eigenvalue weighted by molar-refractivity contribution is -0.119. The third kappa shape index (κ3) is 4.57. The van der Waals surface area contributed by atoms with Crippen LogP contribution < -0.4 is 5.69 Å². The molecular formula is C24H26ClN3O2. The van der Waals surface area contributed by atoms with E-state index in [-0.39, 0.29) is 24.1 Å². The van der Waals surface area contributed by atoms with Crippen molar-refractivity contribution in [3.05, 3.63) is 74.7 Å². The summed E-state index contributed by atoms with van der Waals surface area (Å²) < 4.78 is 3.05. The van der Waals surface area contributed by atoms with E-state index >= 15 is 0 Å². The van der Waals surface area contributed by atoms with Crippen molar-refractivity contribution in [2.45, 2.75) is 58.5 Å². The van der Waals surface area contributed by atoms with E-state index in [1.54, 1.807) is 16.7 Å². The summed E-state index contributed by atoms with van der Waals surface area (Å²) in [5.74, 6) is 0.645. The molecule has 1 aromatic heterocycles. The zero-order valence-corrected chi connectivity index (χ0v) is 18.2. The van der Waals surface area contributed by atoms with Gasteiger partial charge in [-0.1, -0.05) is 29.8 Å². The number of aryl methyl sites for hydroxylation is 3. The van der Waals surface area contributed by atoms with Gasteiger partial charge in [-0.15, -0.1) is 5.10 Å². The van der Waals surface area contributed by atoms with Crippen molar-refractivity contribution in [2.24, 2.45) is 0 Å². The molecule has 0 saturated heterocycles. The topological polar surface area (TPSA) is 56.9 Å². The fourth-order valence-electron chi connectivity index (χ4n) is 3.68. The molecule has 0 amide bonds. The van der Waals surface area contributed by atoms with Crippen molar-refractivity contribution in [1.29, 1.82) is 0 Å². The lowest BCUT2D eigenvalue weighted by Crippen LogP contribution is -2.27. The second-order valence-electron chi connectivity index (χ2n) is 8.18. The van der Waals surface area contributed by atoms with Crippen molar-refractivity contribution in [1.82, 2.24) is 14.3 Å². The van der Waals surface area contributed by atoms with Gasteiger partial charge in [0.05, 0.1) is 0 Å². The van der Waals surface area contributed by atoms with E-state index in [2.05, 4.69) is 37.1 Å². The summed E-state index contributed by atoms with van der Waals surface area (Å²) in [7, 11) is 0. The first-order valence-corrected chi connectivity index (χ1v) is 10.8. The quantitative estimate of drug-likeness (QED) is 0.517. The molecule has 0 N–H and O–H groups in total. The number of nitrogens with zero attached hydrogens (tertiary/aromatic N) is 3. The molecule has 1 fully saturated rings. The smallest absolute Gasteiger partial charge is 0.298 e. The Morgan fingerprint density at radius 2 is 1.83 bits per heavy atom. The summed E-state index contributed by atoms with van der Waals surface area (Å²) in [6, 6.07) is 13.9. The second-order valence-corrected chi connectivity index (χ2v) is 8.62. The minimum Gasteiger partial charge on any atom is -0.298 e. The number of rotatable bonds is 8. The van der Waals surface area contributed by atoms with Crippen LogP contribution in [0.3, 0.4) is 0 Å². The van der Waals surface area contributed by atoms with Crippen LogP contribution in [0.2, 0.25) is 5.02 Å². The van der Waals surface area contributed by atoms with Crippen molar-refractivity contribution in [3.63, 3.8) is 0 Å². The van der Waals surface area contributed by atoms with Crippen molar-refractivity contribution in [2.75, 3.05) is 0 Å². The summed E-state index contributed by atoms with van der Waals surface area (Å²) in [5.41, 5.74) is 4.42. The van der Waals surface area contributed by atoms with Crippen LogP contribution in [0.4, 0.5) is 0 Å². The van der Waals surface area contributed by atoms with E-state index in [4.69, 9.17) is 11.6 Å². The summed E-state index contributed by atoms with van der Waals surface area (Å²) in [4.78, 5) is 25.4. The average molecular weight is 424 g/mol. The molecule has 0 unspecified atom stereocenters. The SMILES string of the molecule is Cc1ccc(CCCC(=O)Cn2nc(-c3ccc(Cl)cc3)n(C3CC3)c2=O)cc1C. The molecule has 0 aliphatic heterocycles. The van der Waals surface area contributed by atoms with E-state index in [9.17, 15) is 9.59 Å². The van der Waals surface area contributed by atoms with Gasteiger partial charge in [-0.3, -0.25) is 9.36 Å². The van der Waals surface area contributed by atoms with Crippen molar-refractivity contribution >= 4 is 17.4 Å². The number of carbonyl (C=O) groups excluding carboxylic acids is 1. The van der Waals surface area contributed by atoms with Crippen molar-refractivity contribution < 1.29 is 4.79 Å². The van der Waals surface area contributed by atoms with E-state index in [1.165, 1.54) is 21.4 Å². The molecule has 0 spiro atoms. The Morgan fingerprint density at radius 3 is 2.50 bits per heavy atom.